The summed E-state index contributed by atoms with van der Waals surface area (Å²) in [7, 11) is 0. The lowest BCUT2D eigenvalue weighted by atomic mass is 10.1. The molecule has 92 valence electrons. The van der Waals surface area contributed by atoms with Crippen LogP contribution in [0.15, 0.2) is 18.2 Å². The molecule has 1 aromatic rings. The lowest BCUT2D eigenvalue weighted by molar-refractivity contribution is -0.116. The van der Waals surface area contributed by atoms with Crippen LogP contribution in [0.3, 0.4) is 0 Å². The standard InChI is InChI=1S/C12H16N2O3/c1-8(6-13)4-12(15)14-9-2-3-10-11(5-9)17-7-16-10/h2-3,5,8H,4,6-7,13H2,1H3,(H,14,15). The third kappa shape index (κ3) is 2.88. The molecular formula is C12H16N2O3. The summed E-state index contributed by atoms with van der Waals surface area (Å²) < 4.78 is 10.4. The van der Waals surface area contributed by atoms with Crippen LogP contribution in [0, 0.1) is 5.92 Å². The molecule has 5 heteroatoms. The van der Waals surface area contributed by atoms with E-state index >= 15 is 0 Å². The van der Waals surface area contributed by atoms with Crippen LogP contribution in [0.2, 0.25) is 0 Å². The minimum absolute atomic E-state index is 0.0400. The van der Waals surface area contributed by atoms with Gasteiger partial charge in [0.05, 0.1) is 0 Å². The van der Waals surface area contributed by atoms with E-state index in [1.807, 2.05) is 6.92 Å². The summed E-state index contributed by atoms with van der Waals surface area (Å²) in [6, 6.07) is 5.33. The second-order valence-electron chi connectivity index (χ2n) is 4.16. The molecule has 17 heavy (non-hydrogen) atoms. The number of nitrogens with one attached hydrogen (secondary N) is 1. The second kappa shape index (κ2) is 5.05. The number of ether oxygens (including phenoxy) is 2. The lowest BCUT2D eigenvalue weighted by Gasteiger charge is -2.09. The highest BCUT2D eigenvalue weighted by atomic mass is 16.7. The fourth-order valence-corrected chi connectivity index (χ4v) is 1.59. The molecule has 1 aliphatic rings. The van der Waals surface area contributed by atoms with Crippen LogP contribution in [0.25, 0.3) is 0 Å². The number of nitrogens with two attached hydrogens (primary N) is 1. The minimum atomic E-state index is -0.0400. The largest absolute Gasteiger partial charge is 0.454 e. The molecule has 1 atom stereocenters. The Balaban J connectivity index is 1.97. The van der Waals surface area contributed by atoms with Gasteiger partial charge in [-0.1, -0.05) is 6.92 Å². The number of carbonyl (C=O) groups excluding carboxylic acids is 1. The smallest absolute Gasteiger partial charge is 0.231 e. The van der Waals surface area contributed by atoms with Gasteiger partial charge in [-0.15, -0.1) is 0 Å². The number of amides is 1. The summed E-state index contributed by atoms with van der Waals surface area (Å²) in [4.78, 5) is 11.6. The Morgan fingerprint density at radius 1 is 1.47 bits per heavy atom. The van der Waals surface area contributed by atoms with E-state index in [-0.39, 0.29) is 18.6 Å². The number of benzene rings is 1. The van der Waals surface area contributed by atoms with E-state index in [2.05, 4.69) is 5.32 Å². The van der Waals surface area contributed by atoms with Crippen molar-refractivity contribution < 1.29 is 14.3 Å². The van der Waals surface area contributed by atoms with E-state index in [1.54, 1.807) is 18.2 Å². The van der Waals surface area contributed by atoms with Crippen LogP contribution in [0.1, 0.15) is 13.3 Å². The molecule has 0 bridgehead atoms. The predicted molar refractivity (Wildman–Crippen MR) is 64.0 cm³/mol. The van der Waals surface area contributed by atoms with Gasteiger partial charge in [-0.2, -0.15) is 0 Å². The van der Waals surface area contributed by atoms with Gasteiger partial charge in [-0.3, -0.25) is 4.79 Å². The Kier molecular flexibility index (Phi) is 3.49. The monoisotopic (exact) mass is 236 g/mol. The molecule has 0 aliphatic carbocycles. The molecule has 3 N–H and O–H groups in total. The van der Waals surface area contributed by atoms with Crippen LogP contribution in [-0.4, -0.2) is 19.2 Å². The Hall–Kier alpha value is -1.75. The average molecular weight is 236 g/mol. The number of carbonyl (C=O) groups is 1. The van der Waals surface area contributed by atoms with Crippen molar-refractivity contribution in [3.05, 3.63) is 18.2 Å². The first kappa shape index (κ1) is 11.7. The molecule has 0 fully saturated rings. The highest BCUT2D eigenvalue weighted by Gasteiger charge is 2.14. The molecule has 0 aromatic heterocycles. The minimum Gasteiger partial charge on any atom is -0.454 e. The maximum absolute atomic E-state index is 11.6. The van der Waals surface area contributed by atoms with Crippen LogP contribution in [0.4, 0.5) is 5.69 Å². The number of rotatable bonds is 4. The summed E-state index contributed by atoms with van der Waals surface area (Å²) in [6.07, 6.45) is 0.422. The van der Waals surface area contributed by atoms with Crippen LogP contribution in [-0.2, 0) is 4.79 Å². The van der Waals surface area contributed by atoms with E-state index in [9.17, 15) is 4.79 Å². The molecule has 1 aromatic carbocycles. The molecule has 1 heterocycles. The second-order valence-corrected chi connectivity index (χ2v) is 4.16. The Morgan fingerprint density at radius 3 is 3.00 bits per heavy atom. The topological polar surface area (TPSA) is 73.6 Å². The van der Waals surface area contributed by atoms with Crippen molar-refractivity contribution in [2.75, 3.05) is 18.7 Å². The molecule has 1 aliphatic heterocycles. The fraction of sp³-hybridized carbons (Fsp3) is 0.417. The fourth-order valence-electron chi connectivity index (χ4n) is 1.59. The highest BCUT2D eigenvalue weighted by molar-refractivity contribution is 5.91. The molecule has 1 unspecified atom stereocenters. The number of anilines is 1. The van der Waals surface area contributed by atoms with Gasteiger partial charge in [-0.05, 0) is 24.6 Å². The molecular weight excluding hydrogens is 220 g/mol. The summed E-state index contributed by atoms with van der Waals surface area (Å²) in [6.45, 7) is 2.69. The van der Waals surface area contributed by atoms with Gasteiger partial charge in [0.2, 0.25) is 12.7 Å². The van der Waals surface area contributed by atoms with Crippen LogP contribution < -0.4 is 20.5 Å². The van der Waals surface area contributed by atoms with Gasteiger partial charge >= 0.3 is 0 Å². The van der Waals surface area contributed by atoms with Crippen molar-refractivity contribution in [2.24, 2.45) is 11.7 Å². The zero-order valence-electron chi connectivity index (χ0n) is 9.73. The van der Waals surface area contributed by atoms with Crippen LogP contribution >= 0.6 is 0 Å². The zero-order valence-corrected chi connectivity index (χ0v) is 9.73. The SMILES string of the molecule is CC(CN)CC(=O)Nc1ccc2c(c1)OCO2. The summed E-state index contributed by atoms with van der Waals surface area (Å²) in [5.74, 6) is 1.51. The Labute approximate surface area is 99.9 Å². The summed E-state index contributed by atoms with van der Waals surface area (Å²) in [5.41, 5.74) is 6.18. The van der Waals surface area contributed by atoms with Crippen LogP contribution in [0.5, 0.6) is 11.5 Å². The van der Waals surface area contributed by atoms with Gasteiger partial charge in [0.25, 0.3) is 0 Å². The maximum Gasteiger partial charge on any atom is 0.231 e. The quantitative estimate of drug-likeness (QED) is 0.827. The van der Waals surface area contributed by atoms with Crippen molar-refractivity contribution in [2.45, 2.75) is 13.3 Å². The lowest BCUT2D eigenvalue weighted by Crippen LogP contribution is -2.20. The summed E-state index contributed by atoms with van der Waals surface area (Å²) >= 11 is 0. The molecule has 2 rings (SSSR count). The third-order valence-corrected chi connectivity index (χ3v) is 2.59. The first-order valence-electron chi connectivity index (χ1n) is 5.58. The van der Waals surface area contributed by atoms with E-state index in [0.717, 1.165) is 0 Å². The number of fused-ring (bicyclic) bond motifs is 1. The Morgan fingerprint density at radius 2 is 2.24 bits per heavy atom. The van der Waals surface area contributed by atoms with Crippen molar-refractivity contribution in [3.63, 3.8) is 0 Å². The van der Waals surface area contributed by atoms with Gasteiger partial charge in [0.1, 0.15) is 0 Å². The van der Waals surface area contributed by atoms with E-state index < -0.39 is 0 Å². The Bertz CT molecular complexity index is 420. The van der Waals surface area contributed by atoms with Gasteiger partial charge in [-0.25, -0.2) is 0 Å². The van der Waals surface area contributed by atoms with Gasteiger partial charge in [0, 0.05) is 18.2 Å². The zero-order chi connectivity index (χ0) is 12.3. The normalized spacial score (nSPS) is 14.5. The molecule has 0 radical (unpaired) electrons. The first-order chi connectivity index (χ1) is 8.19. The highest BCUT2D eigenvalue weighted by Crippen LogP contribution is 2.34. The molecule has 0 saturated carbocycles. The van der Waals surface area contributed by atoms with Crippen molar-refractivity contribution in [1.29, 1.82) is 0 Å². The number of hydrogen-bond donors (Lipinski definition) is 2. The van der Waals surface area contributed by atoms with Crippen molar-refractivity contribution in [3.8, 4) is 11.5 Å². The number of hydrogen-bond acceptors (Lipinski definition) is 4. The molecule has 0 spiro atoms. The first-order valence-corrected chi connectivity index (χ1v) is 5.58. The summed E-state index contributed by atoms with van der Waals surface area (Å²) in [5, 5.41) is 2.81. The van der Waals surface area contributed by atoms with Gasteiger partial charge < -0.3 is 20.5 Å². The predicted octanol–water partition coefficient (Wildman–Crippen LogP) is 1.34. The molecule has 5 nitrogen and oxygen atoms in total. The maximum atomic E-state index is 11.6. The van der Waals surface area contributed by atoms with E-state index in [1.165, 1.54) is 0 Å². The third-order valence-electron chi connectivity index (χ3n) is 2.59. The van der Waals surface area contributed by atoms with Crippen molar-refractivity contribution >= 4 is 11.6 Å². The van der Waals surface area contributed by atoms with Gasteiger partial charge in [0.15, 0.2) is 11.5 Å². The van der Waals surface area contributed by atoms with Crippen molar-refractivity contribution in [1.82, 2.24) is 0 Å². The molecule has 1 amide bonds. The average Bonchev–Trinajstić information content (AvgIpc) is 2.75. The molecule has 0 saturated heterocycles. The van der Waals surface area contributed by atoms with E-state index in [0.29, 0.717) is 30.2 Å². The van der Waals surface area contributed by atoms with E-state index in [4.69, 9.17) is 15.2 Å².